The molecule has 0 aliphatic heterocycles. The van der Waals surface area contributed by atoms with Gasteiger partial charge in [0.25, 0.3) is 0 Å². The molecule has 0 aromatic carbocycles. The van der Waals surface area contributed by atoms with Crippen LogP contribution in [0.25, 0.3) is 0 Å². The Balaban J connectivity index is 4.33. The molecule has 4 heteroatoms. The molecule has 0 spiro atoms. The summed E-state index contributed by atoms with van der Waals surface area (Å²) in [4.78, 5) is 0. The van der Waals surface area contributed by atoms with Crippen molar-refractivity contribution in [2.24, 2.45) is 0 Å². The van der Waals surface area contributed by atoms with Gasteiger partial charge in [0.1, 0.15) is 0 Å². The molecule has 1 N–H and O–H groups in total. The van der Waals surface area contributed by atoms with Gasteiger partial charge in [-0.3, -0.25) is 0 Å². The summed E-state index contributed by atoms with van der Waals surface area (Å²) in [7, 11) is 0. The number of thiol groups is 1. The first-order valence-electron chi connectivity index (χ1n) is 4.19. The Kier molecular flexibility index (Phi) is 8.49. The molecule has 0 atom stereocenters. The molecule has 0 unspecified atom stereocenters. The molecule has 0 amide bonds. The molecular formula is C10H14Cl2OS. The third-order valence-corrected chi connectivity index (χ3v) is 2.22. The maximum absolute atomic E-state index is 8.57. The van der Waals surface area contributed by atoms with E-state index in [0.29, 0.717) is 22.2 Å². The van der Waals surface area contributed by atoms with E-state index in [1.54, 1.807) is 6.08 Å². The largest absolute Gasteiger partial charge is 0.392 e. The molecule has 0 aromatic rings. The summed E-state index contributed by atoms with van der Waals surface area (Å²) in [6.45, 7) is 1.78. The van der Waals surface area contributed by atoms with E-state index in [9.17, 15) is 0 Å². The highest BCUT2D eigenvalue weighted by Gasteiger charge is 1.93. The Labute approximate surface area is 101 Å². The summed E-state index contributed by atoms with van der Waals surface area (Å²) >= 11 is 15.7. The third-order valence-electron chi connectivity index (χ3n) is 1.44. The molecule has 0 saturated carbocycles. The van der Waals surface area contributed by atoms with E-state index in [1.807, 2.05) is 19.1 Å². The fourth-order valence-electron chi connectivity index (χ4n) is 0.836. The lowest BCUT2D eigenvalue weighted by atomic mass is 10.2. The van der Waals surface area contributed by atoms with Crippen molar-refractivity contribution < 1.29 is 5.11 Å². The Morgan fingerprint density at radius 1 is 1.36 bits per heavy atom. The molecule has 80 valence electrons. The van der Waals surface area contributed by atoms with E-state index < -0.39 is 0 Å². The zero-order chi connectivity index (χ0) is 11.0. The first kappa shape index (κ1) is 14.1. The zero-order valence-electron chi connectivity index (χ0n) is 8.00. The van der Waals surface area contributed by atoms with E-state index >= 15 is 0 Å². The maximum Gasteiger partial charge on any atom is 0.0626 e. The number of aliphatic hydroxyl groups is 1. The van der Waals surface area contributed by atoms with E-state index in [1.165, 1.54) is 0 Å². The number of allylic oxidation sites excluding steroid dienone is 4. The van der Waals surface area contributed by atoms with Crippen LogP contribution in [0.15, 0.2) is 33.9 Å². The Bertz CT molecular complexity index is 253. The van der Waals surface area contributed by atoms with E-state index in [0.717, 1.165) is 5.57 Å². The molecule has 0 fully saturated rings. The van der Waals surface area contributed by atoms with Crippen LogP contribution in [0.4, 0.5) is 0 Å². The molecule has 0 aromatic heterocycles. The molecule has 0 saturated heterocycles. The fourth-order valence-corrected chi connectivity index (χ4v) is 1.34. The van der Waals surface area contributed by atoms with Crippen molar-refractivity contribution in [2.45, 2.75) is 13.3 Å². The van der Waals surface area contributed by atoms with Crippen molar-refractivity contribution in [1.29, 1.82) is 0 Å². The van der Waals surface area contributed by atoms with Gasteiger partial charge < -0.3 is 5.11 Å². The highest BCUT2D eigenvalue weighted by Crippen LogP contribution is 2.13. The normalized spacial score (nSPS) is 14.8. The minimum absolute atomic E-state index is 0.0345. The van der Waals surface area contributed by atoms with Gasteiger partial charge in [-0.15, -0.1) is 0 Å². The first-order chi connectivity index (χ1) is 6.60. The summed E-state index contributed by atoms with van der Waals surface area (Å²) in [5.74, 6) is 0.618. The van der Waals surface area contributed by atoms with Crippen LogP contribution < -0.4 is 0 Å². The zero-order valence-corrected chi connectivity index (χ0v) is 10.4. The average molecular weight is 253 g/mol. The Morgan fingerprint density at radius 2 is 2.00 bits per heavy atom. The molecule has 1 nitrogen and oxygen atoms in total. The number of aliphatic hydroxyl groups excluding tert-OH is 1. The molecule has 0 bridgehead atoms. The van der Waals surface area contributed by atoms with Crippen LogP contribution in [0.1, 0.15) is 13.3 Å². The Morgan fingerprint density at radius 3 is 2.43 bits per heavy atom. The summed E-state index contributed by atoms with van der Waals surface area (Å²) in [6.07, 6.45) is 5.94. The maximum atomic E-state index is 8.57. The van der Waals surface area contributed by atoms with Gasteiger partial charge >= 0.3 is 0 Å². The van der Waals surface area contributed by atoms with Crippen molar-refractivity contribution in [3.8, 4) is 0 Å². The number of hydrogen-bond acceptors (Lipinski definition) is 2. The number of hydrogen-bond donors (Lipinski definition) is 2. The van der Waals surface area contributed by atoms with Crippen LogP contribution in [-0.4, -0.2) is 17.5 Å². The topological polar surface area (TPSA) is 20.2 Å². The smallest absolute Gasteiger partial charge is 0.0626 e. The minimum atomic E-state index is -0.0345. The second kappa shape index (κ2) is 8.42. The predicted octanol–water partition coefficient (Wildman–Crippen LogP) is 3.49. The highest BCUT2D eigenvalue weighted by atomic mass is 35.5. The van der Waals surface area contributed by atoms with Gasteiger partial charge in [-0.25, -0.2) is 0 Å². The second-order valence-electron chi connectivity index (χ2n) is 2.71. The monoisotopic (exact) mass is 252 g/mol. The lowest BCUT2D eigenvalue weighted by Crippen LogP contribution is -1.82. The molecule has 0 heterocycles. The van der Waals surface area contributed by atoms with E-state index in [2.05, 4.69) is 12.6 Å². The summed E-state index contributed by atoms with van der Waals surface area (Å²) in [5.41, 5.74) is 1.02. The van der Waals surface area contributed by atoms with Gasteiger partial charge in [0.2, 0.25) is 0 Å². The van der Waals surface area contributed by atoms with Gasteiger partial charge in [0, 0.05) is 22.2 Å². The number of rotatable bonds is 5. The molecule has 0 rings (SSSR count). The summed E-state index contributed by atoms with van der Waals surface area (Å²) < 4.78 is 0. The van der Waals surface area contributed by atoms with E-state index in [-0.39, 0.29) is 6.61 Å². The van der Waals surface area contributed by atoms with Crippen LogP contribution in [0.5, 0.6) is 0 Å². The van der Waals surface area contributed by atoms with Crippen molar-refractivity contribution >= 4 is 35.8 Å². The predicted molar refractivity (Wildman–Crippen MR) is 67.2 cm³/mol. The van der Waals surface area contributed by atoms with Gasteiger partial charge in [-0.1, -0.05) is 29.3 Å². The van der Waals surface area contributed by atoms with Crippen LogP contribution in [0, 0.1) is 0 Å². The van der Waals surface area contributed by atoms with Crippen molar-refractivity contribution in [3.63, 3.8) is 0 Å². The van der Waals surface area contributed by atoms with Crippen LogP contribution in [0.2, 0.25) is 0 Å². The van der Waals surface area contributed by atoms with Crippen LogP contribution >= 0.6 is 35.8 Å². The summed E-state index contributed by atoms with van der Waals surface area (Å²) in [5, 5.41) is 9.91. The first-order valence-corrected chi connectivity index (χ1v) is 5.58. The molecule has 0 radical (unpaired) electrons. The summed E-state index contributed by atoms with van der Waals surface area (Å²) in [6, 6.07) is 0. The SMILES string of the molecule is C/C(Cl)=C\C(=C/C/C(Cl)=C/CO)CS. The fraction of sp³-hybridized carbons (Fsp3) is 0.400. The number of halogens is 2. The highest BCUT2D eigenvalue weighted by molar-refractivity contribution is 7.80. The molecule has 0 aliphatic rings. The van der Waals surface area contributed by atoms with Crippen LogP contribution in [0.3, 0.4) is 0 Å². The van der Waals surface area contributed by atoms with Gasteiger partial charge in [0.05, 0.1) is 6.61 Å². The minimum Gasteiger partial charge on any atom is -0.392 e. The van der Waals surface area contributed by atoms with Crippen molar-refractivity contribution in [1.82, 2.24) is 0 Å². The van der Waals surface area contributed by atoms with Gasteiger partial charge in [-0.05, 0) is 24.6 Å². The standard InChI is InChI=1S/C10H14Cl2OS/c1-8(11)6-9(7-14)2-3-10(12)4-5-13/h2,4,6,13-14H,3,5,7H2,1H3/b8-6+,9-2+,10-4-. The second-order valence-corrected chi connectivity index (χ2v) is 4.10. The van der Waals surface area contributed by atoms with Gasteiger partial charge in [0.15, 0.2) is 0 Å². The van der Waals surface area contributed by atoms with Gasteiger partial charge in [-0.2, -0.15) is 12.6 Å². The quantitative estimate of drug-likeness (QED) is 0.567. The van der Waals surface area contributed by atoms with Crippen LogP contribution in [-0.2, 0) is 0 Å². The third kappa shape index (κ3) is 7.51. The Hall–Kier alpha value is 0.110. The van der Waals surface area contributed by atoms with Crippen molar-refractivity contribution in [3.05, 3.63) is 33.9 Å². The lowest BCUT2D eigenvalue weighted by Gasteiger charge is -1.98. The molecule has 14 heavy (non-hydrogen) atoms. The molecule has 0 aliphatic carbocycles. The average Bonchev–Trinajstić information content (AvgIpc) is 2.12. The molecular weight excluding hydrogens is 239 g/mol. The van der Waals surface area contributed by atoms with Crippen molar-refractivity contribution in [2.75, 3.05) is 12.4 Å². The van der Waals surface area contributed by atoms with E-state index in [4.69, 9.17) is 28.3 Å². The lowest BCUT2D eigenvalue weighted by molar-refractivity contribution is 0.342.